The summed E-state index contributed by atoms with van der Waals surface area (Å²) in [6.45, 7) is -1.80. The molecule has 0 aliphatic rings. The number of carbonyl (C=O) groups is 1. The van der Waals surface area contributed by atoms with E-state index in [-0.39, 0.29) is 19.5 Å². The van der Waals surface area contributed by atoms with E-state index in [9.17, 15) is 18.0 Å². The number of hydrogen-bond donors (Lipinski definition) is 3. The number of rotatable bonds is 7. The predicted octanol–water partition coefficient (Wildman–Crippen LogP) is 1.45. The van der Waals surface area contributed by atoms with Crippen LogP contribution in [0.2, 0.25) is 0 Å². The number of hydrogen-bond acceptors (Lipinski definition) is 4. The lowest BCUT2D eigenvalue weighted by Crippen LogP contribution is -2.38. The molecule has 1 aromatic carbocycles. The summed E-state index contributed by atoms with van der Waals surface area (Å²) in [5.41, 5.74) is 6.45. The van der Waals surface area contributed by atoms with Gasteiger partial charge in [0.25, 0.3) is 0 Å². The molecule has 1 amide bonds. The lowest BCUT2D eigenvalue weighted by molar-refractivity contribution is -0.147. The van der Waals surface area contributed by atoms with Crippen LogP contribution in [0.25, 0.3) is 0 Å². The molecular formula is C13H18F3N3O2. The van der Waals surface area contributed by atoms with E-state index in [2.05, 4.69) is 5.32 Å². The largest absolute Gasteiger partial charge is 0.401 e. The number of anilines is 2. The van der Waals surface area contributed by atoms with Crippen molar-refractivity contribution in [1.29, 1.82) is 0 Å². The molecule has 0 atom stereocenters. The Hall–Kier alpha value is -1.80. The highest BCUT2D eigenvalue weighted by molar-refractivity contribution is 5.93. The molecule has 0 saturated heterocycles. The standard InChI is InChI=1S/C13H18F3N3O2/c14-13(15,16)9-19(7-8-20)6-5-12(21)18-11-4-2-1-3-10(11)17/h1-4,20H,5-9,17H2,(H,18,21). The van der Waals surface area contributed by atoms with E-state index < -0.39 is 25.2 Å². The molecule has 0 unspecified atom stereocenters. The molecule has 5 nitrogen and oxygen atoms in total. The number of aliphatic hydroxyl groups is 1. The van der Waals surface area contributed by atoms with Crippen molar-refractivity contribution >= 4 is 17.3 Å². The van der Waals surface area contributed by atoms with Crippen LogP contribution in [0.15, 0.2) is 24.3 Å². The number of nitrogens with two attached hydrogens (primary N) is 1. The van der Waals surface area contributed by atoms with Crippen LogP contribution < -0.4 is 11.1 Å². The van der Waals surface area contributed by atoms with Crippen molar-refractivity contribution in [2.24, 2.45) is 0 Å². The van der Waals surface area contributed by atoms with Gasteiger partial charge in [-0.3, -0.25) is 9.69 Å². The molecule has 0 spiro atoms. The summed E-state index contributed by atoms with van der Waals surface area (Å²) in [4.78, 5) is 12.7. The van der Waals surface area contributed by atoms with Crippen molar-refractivity contribution in [1.82, 2.24) is 4.90 Å². The lowest BCUT2D eigenvalue weighted by atomic mass is 10.2. The van der Waals surface area contributed by atoms with Crippen molar-refractivity contribution in [3.8, 4) is 0 Å². The van der Waals surface area contributed by atoms with Crippen LogP contribution >= 0.6 is 0 Å². The van der Waals surface area contributed by atoms with Crippen LogP contribution in [-0.4, -0.2) is 48.3 Å². The zero-order valence-corrected chi connectivity index (χ0v) is 11.4. The molecule has 1 aromatic rings. The van der Waals surface area contributed by atoms with Gasteiger partial charge in [-0.2, -0.15) is 13.2 Å². The van der Waals surface area contributed by atoms with E-state index in [1.165, 1.54) is 0 Å². The Balaban J connectivity index is 2.48. The van der Waals surface area contributed by atoms with E-state index in [4.69, 9.17) is 10.8 Å². The molecule has 0 saturated carbocycles. The summed E-state index contributed by atoms with van der Waals surface area (Å²) in [5, 5.41) is 11.3. The van der Waals surface area contributed by atoms with Gasteiger partial charge in [0.2, 0.25) is 5.91 Å². The van der Waals surface area contributed by atoms with Crippen molar-refractivity contribution < 1.29 is 23.1 Å². The average molecular weight is 305 g/mol. The smallest absolute Gasteiger partial charge is 0.397 e. The van der Waals surface area contributed by atoms with Gasteiger partial charge in [-0.1, -0.05) is 12.1 Å². The highest BCUT2D eigenvalue weighted by Crippen LogP contribution is 2.18. The molecule has 0 aromatic heterocycles. The molecule has 1 rings (SSSR count). The van der Waals surface area contributed by atoms with Gasteiger partial charge in [-0.15, -0.1) is 0 Å². The molecule has 0 aliphatic heterocycles. The van der Waals surface area contributed by atoms with E-state index >= 15 is 0 Å². The summed E-state index contributed by atoms with van der Waals surface area (Å²) in [6, 6.07) is 6.61. The van der Waals surface area contributed by atoms with Gasteiger partial charge in [0.05, 0.1) is 24.5 Å². The number of para-hydroxylation sites is 2. The van der Waals surface area contributed by atoms with Crippen molar-refractivity contribution in [2.75, 3.05) is 37.3 Å². The number of alkyl halides is 3. The zero-order valence-electron chi connectivity index (χ0n) is 11.4. The topological polar surface area (TPSA) is 78.6 Å². The molecule has 0 bridgehead atoms. The SMILES string of the molecule is Nc1ccccc1NC(=O)CCN(CCO)CC(F)(F)F. The van der Waals surface area contributed by atoms with Crippen LogP contribution in [0.3, 0.4) is 0 Å². The molecule has 0 radical (unpaired) electrons. The third kappa shape index (κ3) is 6.96. The number of nitrogens with one attached hydrogen (secondary N) is 1. The van der Waals surface area contributed by atoms with Crippen molar-refractivity contribution in [3.05, 3.63) is 24.3 Å². The summed E-state index contributed by atoms with van der Waals surface area (Å²) in [7, 11) is 0. The fraction of sp³-hybridized carbons (Fsp3) is 0.462. The molecule has 0 heterocycles. The molecule has 4 N–H and O–H groups in total. The Bertz CT molecular complexity index is 466. The Morgan fingerprint density at radius 3 is 2.52 bits per heavy atom. The maximum absolute atomic E-state index is 12.3. The monoisotopic (exact) mass is 305 g/mol. The first-order valence-electron chi connectivity index (χ1n) is 6.36. The summed E-state index contributed by atoms with van der Waals surface area (Å²) >= 11 is 0. The number of nitrogens with zero attached hydrogens (tertiary/aromatic N) is 1. The minimum Gasteiger partial charge on any atom is -0.397 e. The van der Waals surface area contributed by atoms with Gasteiger partial charge in [0.15, 0.2) is 0 Å². The van der Waals surface area contributed by atoms with Crippen LogP contribution in [-0.2, 0) is 4.79 Å². The first-order valence-corrected chi connectivity index (χ1v) is 6.36. The Labute approximate surface area is 120 Å². The predicted molar refractivity (Wildman–Crippen MR) is 73.7 cm³/mol. The average Bonchev–Trinajstić information content (AvgIpc) is 2.37. The fourth-order valence-corrected chi connectivity index (χ4v) is 1.75. The van der Waals surface area contributed by atoms with Crippen molar-refractivity contribution in [3.63, 3.8) is 0 Å². The van der Waals surface area contributed by atoms with E-state index in [0.717, 1.165) is 4.90 Å². The van der Waals surface area contributed by atoms with Crippen LogP contribution in [0.1, 0.15) is 6.42 Å². The third-order valence-electron chi connectivity index (χ3n) is 2.71. The molecule has 118 valence electrons. The van der Waals surface area contributed by atoms with Gasteiger partial charge in [-0.25, -0.2) is 0 Å². The molecule has 8 heteroatoms. The van der Waals surface area contributed by atoms with Gasteiger partial charge < -0.3 is 16.2 Å². The molecule has 0 fully saturated rings. The second-order valence-electron chi connectivity index (χ2n) is 4.50. The fourth-order valence-electron chi connectivity index (χ4n) is 1.75. The number of nitrogen functional groups attached to an aromatic ring is 1. The number of carbonyl (C=O) groups excluding carboxylic acids is 1. The van der Waals surface area contributed by atoms with Crippen LogP contribution in [0.4, 0.5) is 24.5 Å². The number of halogens is 3. The Morgan fingerprint density at radius 2 is 1.95 bits per heavy atom. The molecule has 21 heavy (non-hydrogen) atoms. The van der Waals surface area contributed by atoms with Crippen LogP contribution in [0.5, 0.6) is 0 Å². The zero-order chi connectivity index (χ0) is 15.9. The quantitative estimate of drug-likeness (QED) is 0.666. The first kappa shape index (κ1) is 17.3. The van der Waals surface area contributed by atoms with Gasteiger partial charge in [0, 0.05) is 19.5 Å². The van der Waals surface area contributed by atoms with Crippen LogP contribution in [0, 0.1) is 0 Å². The maximum atomic E-state index is 12.3. The van der Waals surface area contributed by atoms with Gasteiger partial charge in [-0.05, 0) is 12.1 Å². The van der Waals surface area contributed by atoms with Gasteiger partial charge in [0.1, 0.15) is 0 Å². The molecular weight excluding hydrogens is 287 g/mol. The second kappa shape index (κ2) is 7.84. The Morgan fingerprint density at radius 1 is 1.29 bits per heavy atom. The van der Waals surface area contributed by atoms with E-state index in [1.807, 2.05) is 0 Å². The summed E-state index contributed by atoms with van der Waals surface area (Å²) < 4.78 is 36.9. The minimum atomic E-state index is -4.37. The normalized spacial score (nSPS) is 11.7. The second-order valence-corrected chi connectivity index (χ2v) is 4.50. The summed E-state index contributed by atoms with van der Waals surface area (Å²) in [5.74, 6) is -0.432. The highest BCUT2D eigenvalue weighted by Gasteiger charge is 2.30. The van der Waals surface area contributed by atoms with Crippen molar-refractivity contribution in [2.45, 2.75) is 12.6 Å². The maximum Gasteiger partial charge on any atom is 0.401 e. The number of amides is 1. The summed E-state index contributed by atoms with van der Waals surface area (Å²) in [6.07, 6.45) is -4.49. The molecule has 0 aliphatic carbocycles. The highest BCUT2D eigenvalue weighted by atomic mass is 19.4. The van der Waals surface area contributed by atoms with E-state index in [1.54, 1.807) is 24.3 Å². The number of aliphatic hydroxyl groups excluding tert-OH is 1. The lowest BCUT2D eigenvalue weighted by Gasteiger charge is -2.22. The third-order valence-corrected chi connectivity index (χ3v) is 2.71. The van der Waals surface area contributed by atoms with E-state index in [0.29, 0.717) is 11.4 Å². The first-order chi connectivity index (χ1) is 9.81. The van der Waals surface area contributed by atoms with Gasteiger partial charge >= 0.3 is 6.18 Å². The minimum absolute atomic E-state index is 0.0986. The number of benzene rings is 1. The Kier molecular flexibility index (Phi) is 6.44.